The number of rotatable bonds is 4. The van der Waals surface area contributed by atoms with Crippen molar-refractivity contribution in [3.8, 4) is 11.4 Å². The lowest BCUT2D eigenvalue weighted by Gasteiger charge is -2.22. The summed E-state index contributed by atoms with van der Waals surface area (Å²) in [5.41, 5.74) is 2.52. The van der Waals surface area contributed by atoms with Crippen molar-refractivity contribution in [2.75, 3.05) is 6.54 Å². The van der Waals surface area contributed by atoms with Crippen molar-refractivity contribution >= 4 is 22.9 Å². The minimum absolute atomic E-state index is 0.355. The molecule has 8 heteroatoms. The molecule has 4 rings (SSSR count). The monoisotopic (exact) mass is 363 g/mol. The van der Waals surface area contributed by atoms with E-state index in [9.17, 15) is 0 Å². The third-order valence-electron chi connectivity index (χ3n) is 4.40. The molecule has 3 aromatic heterocycles. The molecule has 1 aliphatic rings. The van der Waals surface area contributed by atoms with E-state index in [1.54, 1.807) is 16.0 Å². The van der Waals surface area contributed by atoms with Crippen LogP contribution in [0.4, 0.5) is 0 Å². The Balaban J connectivity index is 1.67. The first-order valence-corrected chi connectivity index (χ1v) is 9.17. The quantitative estimate of drug-likeness (QED) is 0.705. The Labute approximate surface area is 149 Å². The fourth-order valence-corrected chi connectivity index (χ4v) is 4.26. The molecule has 126 valence electrons. The van der Waals surface area contributed by atoms with Gasteiger partial charge in [0.15, 0.2) is 0 Å². The summed E-state index contributed by atoms with van der Waals surface area (Å²) in [5.74, 6) is 0.763. The summed E-state index contributed by atoms with van der Waals surface area (Å²) in [7, 11) is 1.85. The number of likely N-dealkylation sites (tertiary alicyclic amines) is 1. The third-order valence-corrected chi connectivity index (χ3v) is 5.75. The normalized spacial score (nSPS) is 18.5. The summed E-state index contributed by atoms with van der Waals surface area (Å²) in [6.45, 7) is 3.64. The predicted octanol–water partition coefficient (Wildman–Crippen LogP) is 3.83. The smallest absolute Gasteiger partial charge is 0.134 e. The van der Waals surface area contributed by atoms with E-state index in [2.05, 4.69) is 20.1 Å². The van der Waals surface area contributed by atoms with Gasteiger partial charge < -0.3 is 4.52 Å². The van der Waals surface area contributed by atoms with Gasteiger partial charge in [-0.3, -0.25) is 9.58 Å². The summed E-state index contributed by atoms with van der Waals surface area (Å²) in [6, 6.07) is 2.25. The van der Waals surface area contributed by atoms with Gasteiger partial charge in [0.05, 0.1) is 6.04 Å². The van der Waals surface area contributed by atoms with E-state index < -0.39 is 0 Å². The molecule has 0 aliphatic carbocycles. The molecule has 1 fully saturated rings. The molecule has 6 nitrogen and oxygen atoms in total. The van der Waals surface area contributed by atoms with Gasteiger partial charge in [-0.2, -0.15) is 5.10 Å². The second-order valence-electron chi connectivity index (χ2n) is 6.06. The highest BCUT2D eigenvalue weighted by Gasteiger charge is 2.30. The number of hydrogen-bond donors (Lipinski definition) is 0. The van der Waals surface area contributed by atoms with Crippen LogP contribution in [-0.2, 0) is 13.6 Å². The zero-order chi connectivity index (χ0) is 16.7. The van der Waals surface area contributed by atoms with Gasteiger partial charge in [-0.05, 0) is 26.3 Å². The van der Waals surface area contributed by atoms with Gasteiger partial charge in [0, 0.05) is 36.8 Å². The maximum Gasteiger partial charge on any atom is 0.134 e. The van der Waals surface area contributed by atoms with Crippen molar-refractivity contribution < 1.29 is 4.52 Å². The minimum Gasteiger partial charge on any atom is -0.361 e. The lowest BCUT2D eigenvalue weighted by atomic mass is 10.1. The molecule has 0 N–H and O–H groups in total. The molecule has 0 bridgehead atoms. The minimum atomic E-state index is 0.355. The molecule has 3 aromatic rings. The zero-order valence-corrected chi connectivity index (χ0v) is 15.1. The molecule has 0 saturated carbocycles. The van der Waals surface area contributed by atoms with Crippen LogP contribution in [0, 0.1) is 6.92 Å². The van der Waals surface area contributed by atoms with Crippen molar-refractivity contribution in [2.45, 2.75) is 32.4 Å². The summed E-state index contributed by atoms with van der Waals surface area (Å²) in [5, 5.41) is 12.5. The average Bonchev–Trinajstić information content (AvgIpc) is 3.32. The first-order valence-electron chi connectivity index (χ1n) is 7.92. The largest absolute Gasteiger partial charge is 0.361 e. The van der Waals surface area contributed by atoms with E-state index >= 15 is 0 Å². The van der Waals surface area contributed by atoms with E-state index in [4.69, 9.17) is 16.1 Å². The summed E-state index contributed by atoms with van der Waals surface area (Å²) in [4.78, 5) is 6.93. The van der Waals surface area contributed by atoms with Gasteiger partial charge in [-0.1, -0.05) is 16.8 Å². The van der Waals surface area contributed by atoms with E-state index in [0.717, 1.165) is 42.2 Å². The second-order valence-corrected chi connectivity index (χ2v) is 7.35. The molecule has 1 aliphatic heterocycles. The van der Waals surface area contributed by atoms with Crippen LogP contribution in [-0.4, -0.2) is 31.4 Å². The van der Waals surface area contributed by atoms with Crippen LogP contribution in [0.15, 0.2) is 22.2 Å². The number of thiazole rings is 1. The van der Waals surface area contributed by atoms with Crippen LogP contribution in [0.1, 0.15) is 35.2 Å². The van der Waals surface area contributed by atoms with Crippen molar-refractivity contribution in [1.29, 1.82) is 0 Å². The van der Waals surface area contributed by atoms with Crippen molar-refractivity contribution in [3.63, 3.8) is 0 Å². The van der Waals surface area contributed by atoms with Gasteiger partial charge in [-0.25, -0.2) is 4.98 Å². The van der Waals surface area contributed by atoms with Crippen molar-refractivity contribution in [2.24, 2.45) is 7.05 Å². The highest BCUT2D eigenvalue weighted by Crippen LogP contribution is 2.37. The lowest BCUT2D eigenvalue weighted by Crippen LogP contribution is -2.23. The van der Waals surface area contributed by atoms with E-state index in [0.29, 0.717) is 11.2 Å². The van der Waals surface area contributed by atoms with E-state index in [1.807, 2.05) is 31.6 Å². The lowest BCUT2D eigenvalue weighted by molar-refractivity contribution is 0.248. The molecule has 0 amide bonds. The van der Waals surface area contributed by atoms with Crippen LogP contribution < -0.4 is 0 Å². The maximum atomic E-state index is 6.52. The molecule has 1 atom stereocenters. The third kappa shape index (κ3) is 2.76. The Morgan fingerprint density at radius 1 is 1.46 bits per heavy atom. The number of nitrogens with zero attached hydrogens (tertiary/aromatic N) is 5. The van der Waals surface area contributed by atoms with E-state index in [1.165, 1.54) is 11.4 Å². The molecule has 0 aromatic carbocycles. The fourth-order valence-electron chi connectivity index (χ4n) is 3.27. The predicted molar refractivity (Wildman–Crippen MR) is 93.0 cm³/mol. The number of hydrogen-bond acceptors (Lipinski definition) is 6. The molecule has 0 spiro atoms. The Bertz CT molecular complexity index is 841. The molecule has 1 saturated heterocycles. The van der Waals surface area contributed by atoms with Gasteiger partial charge in [0.1, 0.15) is 27.3 Å². The van der Waals surface area contributed by atoms with Crippen LogP contribution in [0.5, 0.6) is 0 Å². The maximum absolute atomic E-state index is 6.52. The first kappa shape index (κ1) is 15.8. The zero-order valence-electron chi connectivity index (χ0n) is 13.6. The summed E-state index contributed by atoms with van der Waals surface area (Å²) < 4.78 is 6.91. The van der Waals surface area contributed by atoms with Crippen LogP contribution in [0.3, 0.4) is 0 Å². The SMILES string of the molecule is Cc1cc(-c2nn(C)c(Cl)c2CN2CCCC2c2nccs2)no1. The molecule has 0 radical (unpaired) electrons. The molecular formula is C16H18ClN5OS. The molecule has 4 heterocycles. The van der Waals surface area contributed by atoms with Gasteiger partial charge in [0.2, 0.25) is 0 Å². The highest BCUT2D eigenvalue weighted by atomic mass is 35.5. The average molecular weight is 364 g/mol. The van der Waals surface area contributed by atoms with Crippen LogP contribution in [0.25, 0.3) is 11.4 Å². The molecule has 1 unspecified atom stereocenters. The fraction of sp³-hybridized carbons (Fsp3) is 0.438. The van der Waals surface area contributed by atoms with Gasteiger partial charge >= 0.3 is 0 Å². The van der Waals surface area contributed by atoms with Gasteiger partial charge in [-0.15, -0.1) is 11.3 Å². The highest BCUT2D eigenvalue weighted by molar-refractivity contribution is 7.09. The number of aromatic nitrogens is 4. The topological polar surface area (TPSA) is 60.0 Å². The van der Waals surface area contributed by atoms with Crippen LogP contribution in [0.2, 0.25) is 5.15 Å². The summed E-state index contributed by atoms with van der Waals surface area (Å²) >= 11 is 8.24. The van der Waals surface area contributed by atoms with Crippen LogP contribution >= 0.6 is 22.9 Å². The standard InChI is InChI=1S/C16H18ClN5OS/c1-10-8-12(20-23-10)14-11(15(17)21(2)19-14)9-22-6-3-4-13(22)16-18-5-7-24-16/h5,7-8,13H,3-4,6,9H2,1-2H3. The van der Waals surface area contributed by atoms with Crippen molar-refractivity contribution in [3.05, 3.63) is 39.1 Å². The van der Waals surface area contributed by atoms with Gasteiger partial charge in [0.25, 0.3) is 0 Å². The number of aryl methyl sites for hydroxylation is 2. The first-order chi connectivity index (χ1) is 11.6. The summed E-state index contributed by atoms with van der Waals surface area (Å²) in [6.07, 6.45) is 4.17. The molecule has 24 heavy (non-hydrogen) atoms. The second kappa shape index (κ2) is 6.31. The Kier molecular flexibility index (Phi) is 4.15. The van der Waals surface area contributed by atoms with E-state index in [-0.39, 0.29) is 0 Å². The Hall–Kier alpha value is -1.70. The Morgan fingerprint density at radius 3 is 3.04 bits per heavy atom. The molecular weight excluding hydrogens is 346 g/mol. The Morgan fingerprint density at radius 2 is 2.33 bits per heavy atom. The number of halogens is 1. The van der Waals surface area contributed by atoms with Crippen molar-refractivity contribution in [1.82, 2.24) is 24.8 Å².